The number of hydrazone groups is 1. The van der Waals surface area contributed by atoms with Crippen molar-refractivity contribution in [2.75, 3.05) is 0 Å². The summed E-state index contributed by atoms with van der Waals surface area (Å²) in [4.78, 5) is 0. The third kappa shape index (κ3) is 2.89. The molecule has 2 aromatic rings. The van der Waals surface area contributed by atoms with Crippen molar-refractivity contribution in [1.29, 1.82) is 10.7 Å². The lowest BCUT2D eigenvalue weighted by atomic mass is 9.98. The van der Waals surface area contributed by atoms with Gasteiger partial charge in [-0.2, -0.15) is 5.26 Å². The molecule has 6 heteroatoms. The van der Waals surface area contributed by atoms with Gasteiger partial charge in [0, 0.05) is 32.2 Å². The molecule has 0 amide bonds. The number of rotatable bonds is 3. The van der Waals surface area contributed by atoms with Crippen molar-refractivity contribution < 1.29 is 4.68 Å². The molecule has 0 bridgehead atoms. The predicted molar refractivity (Wildman–Crippen MR) is 111 cm³/mol. The Balaban J connectivity index is 2.02. The molecular weight excluding hydrogens is 391 g/mol. The summed E-state index contributed by atoms with van der Waals surface area (Å²) in [5, 5.41) is 23.2. The van der Waals surface area contributed by atoms with Crippen molar-refractivity contribution in [3.8, 4) is 6.07 Å². The molecule has 28 heavy (non-hydrogen) atoms. The van der Waals surface area contributed by atoms with Gasteiger partial charge in [0.05, 0.1) is 11.8 Å². The lowest BCUT2D eigenvalue weighted by Gasteiger charge is -2.11. The molecule has 2 aromatic carbocycles. The highest BCUT2D eigenvalue weighted by atomic mass is 35.5. The number of nitrogens with zero attached hydrogens (tertiary/aromatic N) is 3. The van der Waals surface area contributed by atoms with Crippen LogP contribution in [-0.2, 0) is 0 Å². The van der Waals surface area contributed by atoms with E-state index in [0.29, 0.717) is 10.0 Å². The Morgan fingerprint density at radius 3 is 2.25 bits per heavy atom. The van der Waals surface area contributed by atoms with Gasteiger partial charge in [-0.1, -0.05) is 55.2 Å². The molecule has 0 aromatic heterocycles. The van der Waals surface area contributed by atoms with Crippen molar-refractivity contribution >= 4 is 40.5 Å². The molecule has 2 unspecified atom stereocenters. The van der Waals surface area contributed by atoms with Crippen LogP contribution in [0, 0.1) is 34.0 Å². The maximum atomic E-state index is 9.59. The fourth-order valence-electron chi connectivity index (χ4n) is 4.15. The molecule has 2 aliphatic rings. The standard InChI is InChI=1S/C22H17Cl2N4/c1-22(2)18-19(22)21(14-6-4-8-16(24)10-14)28(17(11-25)12-26)27-20(18)13-5-3-7-15(23)9-13/h3-10,18-19,25H,1-2H3/q+1. The first kappa shape index (κ1) is 18.7. The largest absolute Gasteiger partial charge is 0.376 e. The van der Waals surface area contributed by atoms with Crippen molar-refractivity contribution in [2.24, 2.45) is 22.4 Å². The highest BCUT2D eigenvalue weighted by Crippen LogP contribution is 2.62. The highest BCUT2D eigenvalue weighted by Gasteiger charge is 2.68. The van der Waals surface area contributed by atoms with Crippen LogP contribution < -0.4 is 0 Å². The number of halogens is 2. The van der Waals surface area contributed by atoms with Crippen LogP contribution in [0.15, 0.2) is 59.3 Å². The number of allylic oxidation sites excluding steroid dienone is 1. The molecule has 138 valence electrons. The molecule has 4 nitrogen and oxygen atoms in total. The Labute approximate surface area is 173 Å². The summed E-state index contributed by atoms with van der Waals surface area (Å²) in [5.41, 5.74) is 3.54. The van der Waals surface area contributed by atoms with E-state index in [1.54, 1.807) is 4.68 Å². The third-order valence-electron chi connectivity index (χ3n) is 5.53. The fourth-order valence-corrected chi connectivity index (χ4v) is 4.53. The summed E-state index contributed by atoms with van der Waals surface area (Å²) in [6.45, 7) is 4.38. The first-order valence-corrected chi connectivity index (χ1v) is 9.61. The topological polar surface area (TPSA) is 63.0 Å². The smallest absolute Gasteiger partial charge is 0.252 e. The molecule has 1 N–H and O–H groups in total. The van der Waals surface area contributed by atoms with Crippen LogP contribution in [0.25, 0.3) is 0 Å². The second-order valence-corrected chi connectivity index (χ2v) is 8.44. The van der Waals surface area contributed by atoms with Crippen molar-refractivity contribution in [3.05, 3.63) is 75.4 Å². The van der Waals surface area contributed by atoms with Crippen LogP contribution in [0.3, 0.4) is 0 Å². The maximum absolute atomic E-state index is 9.59. The molecule has 1 aliphatic carbocycles. The summed E-state index contributed by atoms with van der Waals surface area (Å²) < 4.78 is 1.55. The van der Waals surface area contributed by atoms with Gasteiger partial charge in [0.1, 0.15) is 5.71 Å². The molecule has 0 spiro atoms. The molecule has 1 saturated carbocycles. The number of nitrogens with one attached hydrogen (secondary N) is 1. The average molecular weight is 408 g/mol. The van der Waals surface area contributed by atoms with Crippen LogP contribution in [-0.4, -0.2) is 22.0 Å². The van der Waals surface area contributed by atoms with E-state index in [9.17, 15) is 5.26 Å². The Kier molecular flexibility index (Phi) is 4.48. The van der Waals surface area contributed by atoms with Crippen LogP contribution in [0.2, 0.25) is 10.0 Å². The van der Waals surface area contributed by atoms with E-state index < -0.39 is 0 Å². The van der Waals surface area contributed by atoms with Gasteiger partial charge < -0.3 is 0 Å². The van der Waals surface area contributed by atoms with Gasteiger partial charge in [-0.05, 0) is 40.4 Å². The molecule has 0 radical (unpaired) electrons. The quantitative estimate of drug-likeness (QED) is 0.427. The van der Waals surface area contributed by atoms with E-state index in [-0.39, 0.29) is 22.9 Å². The highest BCUT2D eigenvalue weighted by molar-refractivity contribution is 6.31. The predicted octanol–water partition coefficient (Wildman–Crippen LogP) is 5.14. The summed E-state index contributed by atoms with van der Waals surface area (Å²) in [5.74, 6) is 2.55. The number of nitriles is 1. The Morgan fingerprint density at radius 1 is 1.07 bits per heavy atom. The van der Waals surface area contributed by atoms with Crippen molar-refractivity contribution in [3.63, 3.8) is 0 Å². The summed E-state index contributed by atoms with van der Waals surface area (Å²) in [6.07, 6.45) is 0. The minimum atomic E-state index is -0.0594. The Bertz CT molecular complexity index is 1150. The minimum Gasteiger partial charge on any atom is -0.252 e. The third-order valence-corrected chi connectivity index (χ3v) is 6.00. The van der Waals surface area contributed by atoms with Gasteiger partial charge in [-0.25, -0.2) is 0 Å². The van der Waals surface area contributed by atoms with Crippen LogP contribution >= 0.6 is 23.2 Å². The second kappa shape index (κ2) is 6.72. The van der Waals surface area contributed by atoms with E-state index in [0.717, 1.165) is 22.6 Å². The van der Waals surface area contributed by atoms with Crippen LogP contribution in [0.5, 0.6) is 0 Å². The minimum absolute atomic E-state index is 0.0376. The molecular formula is C22H17Cl2N4+. The van der Waals surface area contributed by atoms with Crippen LogP contribution in [0.1, 0.15) is 25.0 Å². The second-order valence-electron chi connectivity index (χ2n) is 7.57. The van der Waals surface area contributed by atoms with Gasteiger partial charge in [0.2, 0.25) is 5.71 Å². The molecule has 4 rings (SSSR count). The summed E-state index contributed by atoms with van der Waals surface area (Å²) in [6, 6.07) is 17.1. The van der Waals surface area contributed by atoms with Gasteiger partial charge in [-0.15, -0.1) is 0 Å². The van der Waals surface area contributed by atoms with Gasteiger partial charge in [0.15, 0.2) is 6.07 Å². The first-order chi connectivity index (χ1) is 13.4. The fraction of sp³-hybridized carbons (Fsp3) is 0.227. The summed E-state index contributed by atoms with van der Waals surface area (Å²) in [7, 11) is 0. The average Bonchev–Trinajstić information content (AvgIpc) is 3.24. The molecule has 1 aliphatic heterocycles. The van der Waals surface area contributed by atoms with E-state index >= 15 is 0 Å². The zero-order valence-corrected chi connectivity index (χ0v) is 16.9. The normalized spacial score (nSPS) is 21.9. The van der Waals surface area contributed by atoms with Gasteiger partial charge in [0.25, 0.3) is 0 Å². The number of benzene rings is 2. The van der Waals surface area contributed by atoms with Gasteiger partial charge >= 0.3 is 5.70 Å². The molecule has 1 fully saturated rings. The number of hydrogen-bond acceptors (Lipinski definition) is 3. The zero-order chi connectivity index (χ0) is 20.1. The SMILES string of the molecule is CC1(C)C2C(c3cccc(Cl)c3)=N[N+](C(=C=N)C#N)=C(c3cccc(Cl)c3)C21. The number of fused-ring (bicyclic) bond motifs is 1. The van der Waals surface area contributed by atoms with E-state index in [4.69, 9.17) is 33.7 Å². The van der Waals surface area contributed by atoms with Gasteiger partial charge in [-0.3, -0.25) is 5.41 Å². The summed E-state index contributed by atoms with van der Waals surface area (Å²) >= 11 is 12.4. The maximum Gasteiger partial charge on any atom is 0.376 e. The van der Waals surface area contributed by atoms with Crippen molar-refractivity contribution in [1.82, 2.24) is 0 Å². The Morgan fingerprint density at radius 2 is 1.68 bits per heavy atom. The zero-order valence-electron chi connectivity index (χ0n) is 15.4. The molecule has 1 heterocycles. The molecule has 0 saturated heterocycles. The van der Waals surface area contributed by atoms with Crippen molar-refractivity contribution in [2.45, 2.75) is 13.8 Å². The van der Waals surface area contributed by atoms with E-state index in [1.807, 2.05) is 54.6 Å². The van der Waals surface area contributed by atoms with E-state index in [2.05, 4.69) is 19.7 Å². The monoisotopic (exact) mass is 407 g/mol. The Hall–Kier alpha value is -2.70. The lowest BCUT2D eigenvalue weighted by molar-refractivity contribution is -0.476. The lowest BCUT2D eigenvalue weighted by Crippen LogP contribution is -2.28. The van der Waals surface area contributed by atoms with Crippen LogP contribution in [0.4, 0.5) is 0 Å². The molecule has 2 atom stereocenters. The first-order valence-electron chi connectivity index (χ1n) is 8.85. The van der Waals surface area contributed by atoms with E-state index in [1.165, 1.54) is 0 Å². The number of hydrogen-bond donors (Lipinski definition) is 1.